The van der Waals surface area contributed by atoms with Gasteiger partial charge in [-0.1, -0.05) is 18.2 Å². The normalized spacial score (nSPS) is 23.1. The molecule has 0 fully saturated rings. The third kappa shape index (κ3) is 2.28. The Labute approximate surface area is 101 Å². The predicted octanol–water partition coefficient (Wildman–Crippen LogP) is 2.33. The van der Waals surface area contributed by atoms with Crippen molar-refractivity contribution < 1.29 is 13.8 Å². The first-order valence-electron chi connectivity index (χ1n) is 5.77. The Morgan fingerprint density at radius 2 is 2.18 bits per heavy atom. The van der Waals surface area contributed by atoms with Gasteiger partial charge >= 0.3 is 0 Å². The lowest BCUT2D eigenvalue weighted by Gasteiger charge is -2.22. The first-order valence-corrected chi connectivity index (χ1v) is 7.46. The van der Waals surface area contributed by atoms with Gasteiger partial charge < -0.3 is 9.73 Å². The topological polar surface area (TPSA) is 52.4 Å². The lowest BCUT2D eigenvalue weighted by Crippen LogP contribution is -2.24. The van der Waals surface area contributed by atoms with Crippen molar-refractivity contribution in [3.63, 3.8) is 0 Å². The number of nitrogens with zero attached hydrogens (tertiary/aromatic N) is 1. The maximum Gasteiger partial charge on any atom is 0.299 e. The third-order valence-electron chi connectivity index (χ3n) is 2.86. The number of hydrogen-bond acceptors (Lipinski definition) is 3. The van der Waals surface area contributed by atoms with Crippen molar-refractivity contribution in [1.29, 1.82) is 0 Å². The highest BCUT2D eigenvalue weighted by molar-refractivity contribution is 7.67. The Bertz CT molecular complexity index is 458. The molecule has 2 unspecified atom stereocenters. The maximum absolute atomic E-state index is 12.9. The van der Waals surface area contributed by atoms with Gasteiger partial charge in [0, 0.05) is 18.1 Å². The average molecular weight is 253 g/mol. The highest BCUT2D eigenvalue weighted by atomic mass is 31.2. The van der Waals surface area contributed by atoms with E-state index >= 15 is 0 Å². The molecule has 0 aromatic heterocycles. The lowest BCUT2D eigenvalue weighted by atomic mass is 10.4. The highest BCUT2D eigenvalue weighted by Gasteiger charge is 2.44. The molecule has 0 bridgehead atoms. The fourth-order valence-corrected chi connectivity index (χ4v) is 4.60. The van der Waals surface area contributed by atoms with Crippen LogP contribution in [0.3, 0.4) is 0 Å². The van der Waals surface area contributed by atoms with Crippen LogP contribution in [0.2, 0.25) is 0 Å². The van der Waals surface area contributed by atoms with Crippen LogP contribution in [0.25, 0.3) is 0 Å². The van der Waals surface area contributed by atoms with Crippen LogP contribution in [0.5, 0.6) is 0 Å². The third-order valence-corrected chi connectivity index (χ3v) is 5.79. The van der Waals surface area contributed by atoms with Gasteiger partial charge in [-0.05, 0) is 19.1 Å². The zero-order valence-electron chi connectivity index (χ0n) is 9.78. The van der Waals surface area contributed by atoms with Crippen molar-refractivity contribution in [2.75, 3.05) is 6.61 Å². The first-order chi connectivity index (χ1) is 8.18. The zero-order chi connectivity index (χ0) is 12.3. The second kappa shape index (κ2) is 5.03. The Kier molecular flexibility index (Phi) is 3.65. The highest BCUT2D eigenvalue weighted by Crippen LogP contribution is 2.53. The Balaban J connectivity index is 2.40. The summed E-state index contributed by atoms with van der Waals surface area (Å²) in [4.78, 5) is 0. The molecule has 4 nitrogen and oxygen atoms in total. The first kappa shape index (κ1) is 12.3. The number of rotatable bonds is 4. The van der Waals surface area contributed by atoms with E-state index in [0.29, 0.717) is 24.8 Å². The van der Waals surface area contributed by atoms with Gasteiger partial charge in [-0.25, -0.2) is 4.74 Å². The van der Waals surface area contributed by atoms with Crippen molar-refractivity contribution in [1.82, 2.24) is 0 Å². The molecule has 2 rings (SSSR count). The van der Waals surface area contributed by atoms with Crippen molar-refractivity contribution >= 4 is 18.9 Å². The number of benzene rings is 1. The van der Waals surface area contributed by atoms with E-state index in [4.69, 9.17) is 4.52 Å². The molecule has 17 heavy (non-hydrogen) atoms. The summed E-state index contributed by atoms with van der Waals surface area (Å²) in [6.07, 6.45) is 2.80. The van der Waals surface area contributed by atoms with Gasteiger partial charge in [0.05, 0.1) is 6.61 Å². The van der Waals surface area contributed by atoms with E-state index in [1.165, 1.54) is 0 Å². The van der Waals surface area contributed by atoms with Gasteiger partial charge in [-0.2, -0.15) is 0 Å². The van der Waals surface area contributed by atoms with Gasteiger partial charge in [0.2, 0.25) is 5.78 Å². The van der Waals surface area contributed by atoms with E-state index in [2.05, 4.69) is 0 Å². The van der Waals surface area contributed by atoms with Crippen molar-refractivity contribution in [2.24, 2.45) is 0 Å². The molecule has 0 amide bonds. The molecule has 92 valence electrons. The standard InChI is InChI=1S/C12H16NO3P/c1-2-16-17(15,11-7-4-3-5-8-11)12-9-6-10-13(12)14/h3-5,7-8,10,12H,2,6,9H2,1H3. The summed E-state index contributed by atoms with van der Waals surface area (Å²) < 4.78 is 19.2. The monoisotopic (exact) mass is 253 g/mol. The van der Waals surface area contributed by atoms with Crippen LogP contribution in [0, 0.1) is 5.21 Å². The zero-order valence-corrected chi connectivity index (χ0v) is 10.7. The summed E-state index contributed by atoms with van der Waals surface area (Å²) in [5.41, 5.74) is 0. The SMILES string of the molecule is CCOP(=O)(c1ccccc1)C1CCC=[N+]1[O-]. The summed E-state index contributed by atoms with van der Waals surface area (Å²) in [7, 11) is -3.09. The fourth-order valence-electron chi connectivity index (χ4n) is 2.08. The fraction of sp³-hybridized carbons (Fsp3) is 0.417. The van der Waals surface area contributed by atoms with Crippen LogP contribution in [-0.4, -0.2) is 23.3 Å². The summed E-state index contributed by atoms with van der Waals surface area (Å²) in [5, 5.41) is 12.3. The Hall–Kier alpha value is -1.12. The average Bonchev–Trinajstić information content (AvgIpc) is 2.77. The maximum atomic E-state index is 12.9. The smallest absolute Gasteiger partial charge is 0.299 e. The molecular weight excluding hydrogens is 237 g/mol. The van der Waals surface area contributed by atoms with Crippen molar-refractivity contribution in [2.45, 2.75) is 25.5 Å². The molecule has 5 heteroatoms. The molecule has 1 heterocycles. The summed E-state index contributed by atoms with van der Waals surface area (Å²) >= 11 is 0. The van der Waals surface area contributed by atoms with Crippen LogP contribution in [-0.2, 0) is 9.09 Å². The molecule has 1 aromatic rings. The van der Waals surface area contributed by atoms with E-state index < -0.39 is 13.2 Å². The van der Waals surface area contributed by atoms with E-state index in [-0.39, 0.29) is 0 Å². The van der Waals surface area contributed by atoms with Crippen LogP contribution in [0.15, 0.2) is 30.3 Å². The summed E-state index contributed by atoms with van der Waals surface area (Å²) in [6, 6.07) is 9.02. The summed E-state index contributed by atoms with van der Waals surface area (Å²) in [5.74, 6) is -0.565. The molecule has 1 aliphatic rings. The van der Waals surface area contributed by atoms with E-state index in [1.807, 2.05) is 18.2 Å². The molecule has 0 spiro atoms. The predicted molar refractivity (Wildman–Crippen MR) is 68.0 cm³/mol. The Morgan fingerprint density at radius 3 is 2.71 bits per heavy atom. The van der Waals surface area contributed by atoms with Crippen LogP contribution in [0.1, 0.15) is 19.8 Å². The van der Waals surface area contributed by atoms with Crippen LogP contribution >= 0.6 is 7.37 Å². The largest absolute Gasteiger partial charge is 0.623 e. The van der Waals surface area contributed by atoms with Crippen molar-refractivity contribution in [3.05, 3.63) is 35.5 Å². The summed E-state index contributed by atoms with van der Waals surface area (Å²) in [6.45, 7) is 2.14. The van der Waals surface area contributed by atoms with Gasteiger partial charge in [0.25, 0.3) is 7.37 Å². The quantitative estimate of drug-likeness (QED) is 0.470. The second-order valence-corrected chi connectivity index (χ2v) is 6.52. The van der Waals surface area contributed by atoms with E-state index in [1.54, 1.807) is 25.3 Å². The molecule has 0 saturated carbocycles. The molecule has 0 radical (unpaired) electrons. The lowest BCUT2D eigenvalue weighted by molar-refractivity contribution is -0.464. The van der Waals surface area contributed by atoms with Gasteiger partial charge in [-0.3, -0.25) is 4.57 Å². The molecule has 0 saturated heterocycles. The molecular formula is C12H16NO3P. The molecule has 2 atom stereocenters. The van der Waals surface area contributed by atoms with E-state index in [0.717, 1.165) is 4.74 Å². The Morgan fingerprint density at radius 1 is 1.47 bits per heavy atom. The number of hydroxylamine groups is 1. The number of hydrogen-bond donors (Lipinski definition) is 0. The second-order valence-electron chi connectivity index (χ2n) is 3.95. The minimum atomic E-state index is -3.09. The van der Waals surface area contributed by atoms with Gasteiger partial charge in [-0.15, -0.1) is 0 Å². The van der Waals surface area contributed by atoms with E-state index in [9.17, 15) is 9.77 Å². The van der Waals surface area contributed by atoms with Crippen LogP contribution in [0.4, 0.5) is 0 Å². The molecule has 1 aliphatic heterocycles. The molecule has 0 N–H and O–H groups in total. The van der Waals surface area contributed by atoms with Crippen molar-refractivity contribution in [3.8, 4) is 0 Å². The minimum Gasteiger partial charge on any atom is -0.623 e. The molecule has 1 aromatic carbocycles. The van der Waals surface area contributed by atoms with Crippen LogP contribution < -0.4 is 5.30 Å². The molecule has 0 aliphatic carbocycles. The minimum absolute atomic E-state index is 0.344. The van der Waals surface area contributed by atoms with Gasteiger partial charge in [0.15, 0.2) is 6.21 Å². The van der Waals surface area contributed by atoms with Gasteiger partial charge in [0.1, 0.15) is 0 Å².